The number of ether oxygens (including phenoxy) is 2. The van der Waals surface area contributed by atoms with Gasteiger partial charge in [-0.25, -0.2) is 13.2 Å². The molecule has 1 fully saturated rings. The van der Waals surface area contributed by atoms with Gasteiger partial charge in [0.15, 0.2) is 0 Å². The normalized spacial score (nSPS) is 18.3. The topological polar surface area (TPSA) is 119 Å². The SMILES string of the molecule is COc1ccc(C(=O)O)cc1S(=O)(=O)NC1CCOC1=O. The van der Waals surface area contributed by atoms with Gasteiger partial charge in [-0.3, -0.25) is 4.79 Å². The van der Waals surface area contributed by atoms with Crippen molar-refractivity contribution in [2.24, 2.45) is 0 Å². The Balaban J connectivity index is 2.40. The largest absolute Gasteiger partial charge is 0.495 e. The van der Waals surface area contributed by atoms with Crippen LogP contribution in [-0.4, -0.2) is 45.2 Å². The van der Waals surface area contributed by atoms with Crippen molar-refractivity contribution in [1.82, 2.24) is 4.72 Å². The average Bonchev–Trinajstić information content (AvgIpc) is 2.82. The highest BCUT2D eigenvalue weighted by Gasteiger charge is 2.32. The summed E-state index contributed by atoms with van der Waals surface area (Å²) in [5.74, 6) is -1.94. The highest BCUT2D eigenvalue weighted by Crippen LogP contribution is 2.25. The van der Waals surface area contributed by atoms with Crippen molar-refractivity contribution in [3.63, 3.8) is 0 Å². The van der Waals surface area contributed by atoms with Crippen LogP contribution >= 0.6 is 0 Å². The zero-order valence-electron chi connectivity index (χ0n) is 11.0. The Kier molecular flexibility index (Phi) is 4.14. The van der Waals surface area contributed by atoms with E-state index in [4.69, 9.17) is 9.84 Å². The molecule has 9 heteroatoms. The average molecular weight is 315 g/mol. The number of carboxylic acid groups (broad SMARTS) is 1. The minimum atomic E-state index is -4.11. The van der Waals surface area contributed by atoms with Gasteiger partial charge < -0.3 is 14.6 Å². The van der Waals surface area contributed by atoms with Crippen LogP contribution in [0.15, 0.2) is 23.1 Å². The molecule has 114 valence electrons. The standard InChI is InChI=1S/C12H13NO7S/c1-19-9-3-2-7(11(14)15)6-10(9)21(17,18)13-8-4-5-20-12(8)16/h2-3,6,8,13H,4-5H2,1H3,(H,14,15). The molecule has 0 bridgehead atoms. The molecular weight excluding hydrogens is 302 g/mol. The molecule has 1 aromatic rings. The van der Waals surface area contributed by atoms with Crippen LogP contribution in [0.4, 0.5) is 0 Å². The van der Waals surface area contributed by atoms with E-state index in [2.05, 4.69) is 9.46 Å². The van der Waals surface area contributed by atoms with E-state index in [1.165, 1.54) is 19.2 Å². The highest BCUT2D eigenvalue weighted by atomic mass is 32.2. The summed E-state index contributed by atoms with van der Waals surface area (Å²) in [4.78, 5) is 21.9. The number of rotatable bonds is 5. The monoisotopic (exact) mass is 315 g/mol. The maximum atomic E-state index is 12.3. The summed E-state index contributed by atoms with van der Waals surface area (Å²) < 4.78 is 36.4. The summed E-state index contributed by atoms with van der Waals surface area (Å²) in [5.41, 5.74) is -0.204. The molecule has 0 aromatic heterocycles. The molecule has 0 spiro atoms. The number of aromatic carboxylic acids is 1. The molecule has 1 saturated heterocycles. The minimum Gasteiger partial charge on any atom is -0.495 e. The molecule has 0 saturated carbocycles. The number of methoxy groups -OCH3 is 1. The molecule has 21 heavy (non-hydrogen) atoms. The number of hydrogen-bond donors (Lipinski definition) is 2. The molecule has 1 unspecified atom stereocenters. The van der Waals surface area contributed by atoms with Crippen molar-refractivity contribution in [1.29, 1.82) is 0 Å². The van der Waals surface area contributed by atoms with E-state index < -0.39 is 28.0 Å². The fourth-order valence-corrected chi connectivity index (χ4v) is 3.29. The van der Waals surface area contributed by atoms with E-state index in [-0.39, 0.29) is 29.2 Å². The van der Waals surface area contributed by atoms with E-state index in [1.54, 1.807) is 0 Å². The Bertz CT molecular complexity index is 683. The number of nitrogens with one attached hydrogen (secondary N) is 1. The molecule has 0 radical (unpaired) electrons. The summed E-state index contributed by atoms with van der Waals surface area (Å²) in [6, 6.07) is 2.46. The van der Waals surface area contributed by atoms with Crippen LogP contribution in [0.2, 0.25) is 0 Å². The van der Waals surface area contributed by atoms with E-state index >= 15 is 0 Å². The number of hydrogen-bond acceptors (Lipinski definition) is 6. The van der Waals surface area contributed by atoms with Gasteiger partial charge >= 0.3 is 11.9 Å². The third kappa shape index (κ3) is 3.14. The second kappa shape index (κ2) is 5.70. The molecule has 8 nitrogen and oxygen atoms in total. The predicted octanol–water partition coefficient (Wildman–Crippen LogP) is -0.0128. The smallest absolute Gasteiger partial charge is 0.335 e. The summed E-state index contributed by atoms with van der Waals surface area (Å²) in [5, 5.41) is 8.93. The van der Waals surface area contributed by atoms with Gasteiger partial charge in [0, 0.05) is 6.42 Å². The number of carboxylic acids is 1. The van der Waals surface area contributed by atoms with Crippen molar-refractivity contribution in [2.75, 3.05) is 13.7 Å². The third-order valence-electron chi connectivity index (χ3n) is 2.93. The lowest BCUT2D eigenvalue weighted by Gasteiger charge is -2.13. The number of benzene rings is 1. The summed E-state index contributed by atoms with van der Waals surface area (Å²) >= 11 is 0. The first-order chi connectivity index (χ1) is 9.85. The predicted molar refractivity (Wildman–Crippen MR) is 69.6 cm³/mol. The maximum absolute atomic E-state index is 12.3. The van der Waals surface area contributed by atoms with Gasteiger partial charge in [0.1, 0.15) is 16.7 Å². The van der Waals surface area contributed by atoms with Gasteiger partial charge in [0.2, 0.25) is 10.0 Å². The minimum absolute atomic E-state index is 0.0149. The van der Waals surface area contributed by atoms with Gasteiger partial charge in [0.05, 0.1) is 19.3 Å². The number of cyclic esters (lactones) is 1. The van der Waals surface area contributed by atoms with Gasteiger partial charge in [0.25, 0.3) is 0 Å². The summed E-state index contributed by atoms with van der Waals surface area (Å²) in [6.07, 6.45) is 0.221. The van der Waals surface area contributed by atoms with Crippen LogP contribution in [-0.2, 0) is 19.6 Å². The van der Waals surface area contributed by atoms with E-state index in [9.17, 15) is 18.0 Å². The molecule has 2 N–H and O–H groups in total. The number of carbonyl (C=O) groups is 2. The second-order valence-electron chi connectivity index (χ2n) is 4.30. The van der Waals surface area contributed by atoms with E-state index in [0.717, 1.165) is 6.07 Å². The molecule has 0 amide bonds. The highest BCUT2D eigenvalue weighted by molar-refractivity contribution is 7.89. The molecular formula is C12H13NO7S. The molecule has 1 atom stereocenters. The molecule has 1 aliphatic rings. The molecule has 1 heterocycles. The van der Waals surface area contributed by atoms with Crippen LogP contribution in [0.1, 0.15) is 16.8 Å². The van der Waals surface area contributed by atoms with Crippen molar-refractivity contribution in [3.8, 4) is 5.75 Å². The van der Waals surface area contributed by atoms with Crippen molar-refractivity contribution in [3.05, 3.63) is 23.8 Å². The van der Waals surface area contributed by atoms with E-state index in [0.29, 0.717) is 0 Å². The Morgan fingerprint density at radius 2 is 2.19 bits per heavy atom. The van der Waals surface area contributed by atoms with Crippen LogP contribution < -0.4 is 9.46 Å². The van der Waals surface area contributed by atoms with Crippen molar-refractivity contribution in [2.45, 2.75) is 17.4 Å². The first-order valence-electron chi connectivity index (χ1n) is 5.95. The van der Waals surface area contributed by atoms with Crippen LogP contribution in [0.3, 0.4) is 0 Å². The summed E-state index contributed by atoms with van der Waals surface area (Å²) in [6.45, 7) is 0.137. The van der Waals surface area contributed by atoms with Crippen LogP contribution in [0, 0.1) is 0 Å². The lowest BCUT2D eigenvalue weighted by atomic mass is 10.2. The van der Waals surface area contributed by atoms with Gasteiger partial charge in [-0.05, 0) is 18.2 Å². The molecule has 1 aliphatic heterocycles. The molecule has 0 aliphatic carbocycles. The lowest BCUT2D eigenvalue weighted by molar-refractivity contribution is -0.139. The Morgan fingerprint density at radius 3 is 2.71 bits per heavy atom. The third-order valence-corrected chi connectivity index (χ3v) is 4.43. The van der Waals surface area contributed by atoms with Crippen LogP contribution in [0.25, 0.3) is 0 Å². The quantitative estimate of drug-likeness (QED) is 0.733. The Hall–Kier alpha value is -2.13. The fraction of sp³-hybridized carbons (Fsp3) is 0.333. The van der Waals surface area contributed by atoms with Crippen molar-refractivity contribution >= 4 is 22.0 Å². The number of esters is 1. The summed E-state index contributed by atoms with van der Waals surface area (Å²) in [7, 11) is -2.85. The van der Waals surface area contributed by atoms with E-state index in [1.807, 2.05) is 0 Å². The van der Waals surface area contributed by atoms with Crippen LogP contribution in [0.5, 0.6) is 5.75 Å². The zero-order valence-corrected chi connectivity index (χ0v) is 11.8. The maximum Gasteiger partial charge on any atom is 0.335 e. The fourth-order valence-electron chi connectivity index (χ4n) is 1.87. The Labute approximate surface area is 120 Å². The van der Waals surface area contributed by atoms with Gasteiger partial charge in [-0.1, -0.05) is 0 Å². The lowest BCUT2D eigenvalue weighted by Crippen LogP contribution is -2.38. The second-order valence-corrected chi connectivity index (χ2v) is 5.98. The molecule has 2 rings (SSSR count). The first-order valence-corrected chi connectivity index (χ1v) is 7.44. The zero-order chi connectivity index (χ0) is 15.6. The Morgan fingerprint density at radius 1 is 1.48 bits per heavy atom. The number of carbonyl (C=O) groups excluding carboxylic acids is 1. The molecule has 1 aromatic carbocycles. The van der Waals surface area contributed by atoms with Gasteiger partial charge in [-0.2, -0.15) is 4.72 Å². The van der Waals surface area contributed by atoms with Crippen molar-refractivity contribution < 1.29 is 32.6 Å². The van der Waals surface area contributed by atoms with Gasteiger partial charge in [-0.15, -0.1) is 0 Å². The first kappa shape index (κ1) is 15.3. The number of sulfonamides is 1.